The summed E-state index contributed by atoms with van der Waals surface area (Å²) in [6.45, 7) is 10.1. The molecule has 3 rings (SSSR count). The quantitative estimate of drug-likeness (QED) is 0.745. The maximum atomic E-state index is 11.8. The summed E-state index contributed by atoms with van der Waals surface area (Å²) in [4.78, 5) is 21.5. The predicted octanol–water partition coefficient (Wildman–Crippen LogP) is 4.60. The Morgan fingerprint density at radius 3 is 2.40 bits per heavy atom. The first kappa shape index (κ1) is 18.9. The lowest BCUT2D eigenvalue weighted by molar-refractivity contribution is 0.854. The van der Waals surface area contributed by atoms with E-state index in [2.05, 4.69) is 41.3 Å². The van der Waals surface area contributed by atoms with Gasteiger partial charge in [-0.15, -0.1) is 0 Å². The lowest BCUT2D eigenvalue weighted by atomic mass is 10.1. The Bertz CT molecular complexity index is 927. The van der Waals surface area contributed by atoms with E-state index in [1.54, 1.807) is 17.8 Å². The van der Waals surface area contributed by atoms with E-state index in [1.165, 1.54) is 22.5 Å². The number of nitrogens with one attached hydrogen (secondary N) is 1. The molecule has 0 saturated carbocycles. The highest BCUT2D eigenvalue weighted by molar-refractivity contribution is 7.13. The number of aromatic nitrogens is 3. The molecule has 25 heavy (non-hydrogen) atoms. The standard InChI is InChI=1S/C17H18N4OS.C2H6/c1-10-5-6-13(9-11(10)2)19-16-18-8-7-14(20-16)15-12(3)21(4)17(22)23-15;1-2/h5-9H,1-4H3,(H,18,19,20);1-2H3. The summed E-state index contributed by atoms with van der Waals surface area (Å²) in [5.74, 6) is 0.522. The molecule has 0 atom stereocenters. The van der Waals surface area contributed by atoms with Crippen LogP contribution in [0.2, 0.25) is 0 Å². The van der Waals surface area contributed by atoms with Crippen molar-refractivity contribution in [3.63, 3.8) is 0 Å². The van der Waals surface area contributed by atoms with Gasteiger partial charge in [0.2, 0.25) is 5.95 Å². The van der Waals surface area contributed by atoms with Gasteiger partial charge < -0.3 is 9.88 Å². The first-order chi connectivity index (χ1) is 12.0. The fraction of sp³-hybridized carbons (Fsp3) is 0.316. The first-order valence-corrected chi connectivity index (χ1v) is 9.11. The van der Waals surface area contributed by atoms with Gasteiger partial charge in [0.25, 0.3) is 0 Å². The van der Waals surface area contributed by atoms with Gasteiger partial charge in [-0.1, -0.05) is 31.3 Å². The predicted molar refractivity (Wildman–Crippen MR) is 106 cm³/mol. The minimum atomic E-state index is 0.0137. The topological polar surface area (TPSA) is 59.8 Å². The lowest BCUT2D eigenvalue weighted by Gasteiger charge is -2.08. The van der Waals surface area contributed by atoms with E-state index in [1.807, 2.05) is 32.9 Å². The van der Waals surface area contributed by atoms with Gasteiger partial charge in [0.15, 0.2) is 0 Å². The molecule has 0 amide bonds. The van der Waals surface area contributed by atoms with Crippen LogP contribution >= 0.6 is 11.3 Å². The zero-order valence-corrected chi connectivity index (χ0v) is 16.4. The smallest absolute Gasteiger partial charge is 0.307 e. The molecule has 2 aromatic heterocycles. The number of aryl methyl sites for hydroxylation is 2. The second kappa shape index (κ2) is 8.07. The van der Waals surface area contributed by atoms with Crippen LogP contribution in [-0.2, 0) is 7.05 Å². The van der Waals surface area contributed by atoms with E-state index < -0.39 is 0 Å². The molecule has 0 aliphatic rings. The third kappa shape index (κ3) is 4.14. The fourth-order valence-corrected chi connectivity index (χ4v) is 3.20. The Morgan fingerprint density at radius 2 is 1.80 bits per heavy atom. The summed E-state index contributed by atoms with van der Waals surface area (Å²) in [5.41, 5.74) is 5.07. The zero-order valence-electron chi connectivity index (χ0n) is 15.5. The van der Waals surface area contributed by atoms with Crippen molar-refractivity contribution in [1.29, 1.82) is 0 Å². The average Bonchev–Trinajstić information content (AvgIpc) is 2.88. The Morgan fingerprint density at radius 1 is 1.08 bits per heavy atom. The number of hydrogen-bond donors (Lipinski definition) is 1. The monoisotopic (exact) mass is 356 g/mol. The maximum absolute atomic E-state index is 11.8. The Kier molecular flexibility index (Phi) is 6.09. The highest BCUT2D eigenvalue weighted by atomic mass is 32.1. The fourth-order valence-electron chi connectivity index (χ4n) is 2.25. The summed E-state index contributed by atoms with van der Waals surface area (Å²) in [5, 5.41) is 3.22. The number of benzene rings is 1. The van der Waals surface area contributed by atoms with E-state index in [9.17, 15) is 4.79 Å². The number of hydrogen-bond acceptors (Lipinski definition) is 5. The largest absolute Gasteiger partial charge is 0.324 e. The first-order valence-electron chi connectivity index (χ1n) is 8.30. The van der Waals surface area contributed by atoms with Crippen LogP contribution in [0.15, 0.2) is 35.3 Å². The molecule has 0 aliphatic heterocycles. The highest BCUT2D eigenvalue weighted by Gasteiger charge is 2.12. The van der Waals surface area contributed by atoms with E-state index in [4.69, 9.17) is 0 Å². The van der Waals surface area contributed by atoms with Crippen molar-refractivity contribution >= 4 is 23.0 Å². The summed E-state index contributed by atoms with van der Waals surface area (Å²) in [7, 11) is 1.77. The van der Waals surface area contributed by atoms with Gasteiger partial charge in [-0.2, -0.15) is 0 Å². The molecule has 3 aromatic rings. The molecule has 0 saturated heterocycles. The van der Waals surface area contributed by atoms with Crippen LogP contribution in [0.1, 0.15) is 30.7 Å². The Hall–Kier alpha value is -2.47. The second-order valence-electron chi connectivity index (χ2n) is 5.53. The maximum Gasteiger partial charge on any atom is 0.307 e. The van der Waals surface area contributed by atoms with E-state index in [0.29, 0.717) is 5.95 Å². The second-order valence-corrected chi connectivity index (χ2v) is 6.49. The molecule has 132 valence electrons. The van der Waals surface area contributed by atoms with E-state index >= 15 is 0 Å². The summed E-state index contributed by atoms with van der Waals surface area (Å²) in [6, 6.07) is 7.96. The van der Waals surface area contributed by atoms with Gasteiger partial charge in [-0.05, 0) is 50.1 Å². The molecule has 5 nitrogen and oxygen atoms in total. The minimum absolute atomic E-state index is 0.0137. The molecule has 1 N–H and O–H groups in total. The van der Waals surface area contributed by atoms with Gasteiger partial charge in [0.1, 0.15) is 0 Å². The number of nitrogens with zero attached hydrogens (tertiary/aromatic N) is 3. The molecular weight excluding hydrogens is 332 g/mol. The molecule has 0 bridgehead atoms. The molecular formula is C19H24N4OS. The average molecular weight is 356 g/mol. The molecule has 2 heterocycles. The Labute approximate surface area is 152 Å². The van der Waals surface area contributed by atoms with Crippen LogP contribution < -0.4 is 10.2 Å². The zero-order chi connectivity index (χ0) is 18.6. The highest BCUT2D eigenvalue weighted by Crippen LogP contribution is 2.25. The van der Waals surface area contributed by atoms with Gasteiger partial charge >= 0.3 is 4.87 Å². The van der Waals surface area contributed by atoms with Crippen molar-refractivity contribution in [3.05, 3.63) is 57.0 Å². The van der Waals surface area contributed by atoms with E-state index in [0.717, 1.165) is 22.0 Å². The van der Waals surface area contributed by atoms with Gasteiger partial charge in [0, 0.05) is 24.6 Å². The van der Waals surface area contributed by atoms with Crippen molar-refractivity contribution in [2.75, 3.05) is 5.32 Å². The normalized spacial score (nSPS) is 10.2. The van der Waals surface area contributed by atoms with E-state index in [-0.39, 0.29) is 4.87 Å². The summed E-state index contributed by atoms with van der Waals surface area (Å²) >= 11 is 1.20. The molecule has 0 fully saturated rings. The molecule has 1 aromatic carbocycles. The van der Waals surface area contributed by atoms with Crippen LogP contribution in [0.5, 0.6) is 0 Å². The van der Waals surface area contributed by atoms with Gasteiger partial charge in [0.05, 0.1) is 10.6 Å². The molecule has 0 unspecified atom stereocenters. The third-order valence-electron chi connectivity index (χ3n) is 3.95. The van der Waals surface area contributed by atoms with Crippen LogP contribution in [-0.4, -0.2) is 14.5 Å². The third-order valence-corrected chi connectivity index (χ3v) is 5.10. The summed E-state index contributed by atoms with van der Waals surface area (Å²) in [6.07, 6.45) is 1.70. The van der Waals surface area contributed by atoms with Crippen LogP contribution in [0.4, 0.5) is 11.6 Å². The van der Waals surface area contributed by atoms with Crippen LogP contribution in [0, 0.1) is 20.8 Å². The Balaban J connectivity index is 0.00000109. The molecule has 0 radical (unpaired) electrons. The molecule has 6 heteroatoms. The number of rotatable bonds is 3. The van der Waals surface area contributed by atoms with Crippen LogP contribution in [0.3, 0.4) is 0 Å². The van der Waals surface area contributed by atoms with Crippen LogP contribution in [0.25, 0.3) is 10.6 Å². The minimum Gasteiger partial charge on any atom is -0.324 e. The van der Waals surface area contributed by atoms with Crippen molar-refractivity contribution in [2.45, 2.75) is 34.6 Å². The molecule has 0 spiro atoms. The molecule has 0 aliphatic carbocycles. The van der Waals surface area contributed by atoms with Crippen molar-refractivity contribution < 1.29 is 0 Å². The lowest BCUT2D eigenvalue weighted by Crippen LogP contribution is -2.08. The van der Waals surface area contributed by atoms with Gasteiger partial charge in [-0.25, -0.2) is 9.97 Å². The SMILES string of the molecule is CC.Cc1ccc(Nc2nccc(-c3sc(=O)n(C)c3C)n2)cc1C. The number of anilines is 2. The van der Waals surface area contributed by atoms with Gasteiger partial charge in [-0.3, -0.25) is 4.79 Å². The van der Waals surface area contributed by atoms with Crippen molar-refractivity contribution in [1.82, 2.24) is 14.5 Å². The van der Waals surface area contributed by atoms with Crippen molar-refractivity contribution in [3.8, 4) is 10.6 Å². The van der Waals surface area contributed by atoms with Crippen molar-refractivity contribution in [2.24, 2.45) is 7.05 Å². The number of thiazole rings is 1. The summed E-state index contributed by atoms with van der Waals surface area (Å²) < 4.78 is 1.64.